The van der Waals surface area contributed by atoms with E-state index in [4.69, 9.17) is 28.3 Å². The van der Waals surface area contributed by atoms with Crippen LogP contribution in [-0.4, -0.2) is 32.3 Å². The van der Waals surface area contributed by atoms with Gasteiger partial charge in [0.1, 0.15) is 11.6 Å². The smallest absolute Gasteiger partial charge is 0.154 e. The van der Waals surface area contributed by atoms with Gasteiger partial charge in [-0.1, -0.05) is 23.7 Å². The minimum Gasteiger partial charge on any atom is -0.366 e. The molecule has 1 fully saturated rings. The Bertz CT molecular complexity index is 979. The molecule has 2 heterocycles. The lowest BCUT2D eigenvalue weighted by atomic mass is 9.83. The van der Waals surface area contributed by atoms with Crippen molar-refractivity contribution in [1.82, 2.24) is 14.6 Å². The number of halogens is 2. The summed E-state index contributed by atoms with van der Waals surface area (Å²) >= 11 is 11.8. The molecule has 1 aromatic carbocycles. The zero-order valence-corrected chi connectivity index (χ0v) is 17.0. The number of Topliss-reactive ketones (excluding diaryl/α,β-unsaturated/α-hetero) is 1. The number of carbonyl (C=O) groups excluding carboxylic acids is 1. The van der Waals surface area contributed by atoms with Crippen LogP contribution in [-0.2, 0) is 4.79 Å². The summed E-state index contributed by atoms with van der Waals surface area (Å²) in [6, 6.07) is 12.0. The molecule has 7 heteroatoms. The molecule has 0 bridgehead atoms. The van der Waals surface area contributed by atoms with Crippen LogP contribution < -0.4 is 5.32 Å². The van der Waals surface area contributed by atoms with Gasteiger partial charge in [-0.25, -0.2) is 9.50 Å². The number of alkyl halides is 1. The third-order valence-corrected chi connectivity index (χ3v) is 5.88. The van der Waals surface area contributed by atoms with Crippen molar-refractivity contribution in [1.29, 1.82) is 0 Å². The topological polar surface area (TPSA) is 59.3 Å². The molecule has 0 unspecified atom stereocenters. The summed E-state index contributed by atoms with van der Waals surface area (Å²) in [7, 11) is 0. The fourth-order valence-electron chi connectivity index (χ4n) is 3.89. The van der Waals surface area contributed by atoms with Crippen LogP contribution in [0.15, 0.2) is 42.6 Å². The summed E-state index contributed by atoms with van der Waals surface area (Å²) in [4.78, 5) is 16.0. The van der Waals surface area contributed by atoms with E-state index in [0.717, 1.165) is 48.4 Å². The van der Waals surface area contributed by atoms with Gasteiger partial charge in [0.05, 0.1) is 17.8 Å². The van der Waals surface area contributed by atoms with Gasteiger partial charge in [-0.2, -0.15) is 0 Å². The van der Waals surface area contributed by atoms with Gasteiger partial charge in [-0.3, -0.25) is 4.79 Å². The Balaban J connectivity index is 1.47. The first-order chi connectivity index (χ1) is 13.6. The Morgan fingerprint density at radius 2 is 2.00 bits per heavy atom. The minimum atomic E-state index is 0.127. The summed E-state index contributed by atoms with van der Waals surface area (Å²) in [6.45, 7) is 0. The number of hydrogen-bond acceptors (Lipinski definition) is 4. The summed E-state index contributed by atoms with van der Waals surface area (Å²) in [5.74, 6) is 1.57. The number of ketones is 1. The average Bonchev–Trinajstić information content (AvgIpc) is 3.12. The molecule has 0 radical (unpaired) electrons. The van der Waals surface area contributed by atoms with Crippen LogP contribution in [0.25, 0.3) is 16.9 Å². The summed E-state index contributed by atoms with van der Waals surface area (Å²) in [6.07, 6.45) is 6.58. The zero-order valence-electron chi connectivity index (χ0n) is 15.4. The van der Waals surface area contributed by atoms with Crippen LogP contribution in [0.4, 0.5) is 5.82 Å². The van der Waals surface area contributed by atoms with Crippen molar-refractivity contribution in [3.63, 3.8) is 0 Å². The lowest BCUT2D eigenvalue weighted by Gasteiger charge is -2.29. The first-order valence-electron chi connectivity index (χ1n) is 9.57. The Morgan fingerprint density at radius 1 is 1.18 bits per heavy atom. The van der Waals surface area contributed by atoms with E-state index in [9.17, 15) is 4.79 Å². The van der Waals surface area contributed by atoms with Crippen molar-refractivity contribution < 1.29 is 4.79 Å². The van der Waals surface area contributed by atoms with E-state index in [1.54, 1.807) is 0 Å². The van der Waals surface area contributed by atoms with Crippen LogP contribution >= 0.6 is 23.2 Å². The van der Waals surface area contributed by atoms with E-state index in [1.807, 2.05) is 47.1 Å². The van der Waals surface area contributed by atoms with Crippen LogP contribution in [0, 0.1) is 5.92 Å². The van der Waals surface area contributed by atoms with Gasteiger partial charge in [-0.15, -0.1) is 16.7 Å². The monoisotopic (exact) mass is 416 g/mol. The number of imidazole rings is 1. The predicted molar refractivity (Wildman–Crippen MR) is 113 cm³/mol. The number of fused-ring (bicyclic) bond motifs is 1. The van der Waals surface area contributed by atoms with Crippen molar-refractivity contribution in [3.05, 3.63) is 47.6 Å². The molecule has 0 saturated heterocycles. The number of anilines is 1. The molecule has 3 aromatic rings. The number of aromatic nitrogens is 3. The Labute approximate surface area is 174 Å². The van der Waals surface area contributed by atoms with Crippen LogP contribution in [0.2, 0.25) is 5.02 Å². The molecule has 1 aliphatic carbocycles. The van der Waals surface area contributed by atoms with E-state index < -0.39 is 0 Å². The number of nitrogens with zero attached hydrogens (tertiary/aromatic N) is 3. The van der Waals surface area contributed by atoms with Crippen molar-refractivity contribution in [3.8, 4) is 11.3 Å². The molecule has 1 aliphatic rings. The molecule has 4 rings (SSSR count). The number of carbonyl (C=O) groups is 1. The Hall–Kier alpha value is -2.11. The lowest BCUT2D eigenvalue weighted by molar-refractivity contribution is -0.117. The van der Waals surface area contributed by atoms with Gasteiger partial charge in [-0.05, 0) is 55.9 Å². The Kier molecular flexibility index (Phi) is 5.83. The molecule has 1 N–H and O–H groups in total. The molecule has 5 nitrogen and oxygen atoms in total. The van der Waals surface area contributed by atoms with Crippen LogP contribution in [0.1, 0.15) is 32.1 Å². The highest BCUT2D eigenvalue weighted by molar-refractivity contribution is 6.30. The maximum atomic E-state index is 11.5. The fraction of sp³-hybridized carbons (Fsp3) is 0.381. The van der Waals surface area contributed by atoms with E-state index in [1.165, 1.54) is 0 Å². The van der Waals surface area contributed by atoms with Crippen molar-refractivity contribution in [2.24, 2.45) is 5.92 Å². The normalized spacial score (nSPS) is 19.6. The largest absolute Gasteiger partial charge is 0.366 e. The number of benzene rings is 1. The van der Waals surface area contributed by atoms with Crippen molar-refractivity contribution in [2.45, 2.75) is 38.1 Å². The standard InChI is InChI=1S/C21H22Cl2N4O/c22-12-18(28)10-14-4-6-17(7-5-14)25-20-8-9-21-24-13-19(27(21)26-20)15-2-1-3-16(23)11-15/h1-3,8-9,11,13-14,17H,4-7,10,12H2,(H,25,26). The highest BCUT2D eigenvalue weighted by atomic mass is 35.5. The average molecular weight is 417 g/mol. The maximum absolute atomic E-state index is 11.5. The predicted octanol–water partition coefficient (Wildman–Crippen LogP) is 5.22. The molecule has 0 amide bonds. The summed E-state index contributed by atoms with van der Waals surface area (Å²) in [5, 5.41) is 8.97. The molecule has 146 valence electrons. The summed E-state index contributed by atoms with van der Waals surface area (Å²) < 4.78 is 1.85. The molecule has 0 atom stereocenters. The van der Waals surface area contributed by atoms with Crippen molar-refractivity contribution in [2.75, 3.05) is 11.2 Å². The third-order valence-electron chi connectivity index (χ3n) is 5.35. The highest BCUT2D eigenvalue weighted by Crippen LogP contribution is 2.29. The highest BCUT2D eigenvalue weighted by Gasteiger charge is 2.23. The second-order valence-electron chi connectivity index (χ2n) is 7.38. The molecular formula is C21H22Cl2N4O. The van der Waals surface area contributed by atoms with Gasteiger partial charge >= 0.3 is 0 Å². The van der Waals surface area contributed by atoms with Gasteiger partial charge in [0.15, 0.2) is 5.65 Å². The van der Waals surface area contributed by atoms with E-state index in [2.05, 4.69) is 10.3 Å². The van der Waals surface area contributed by atoms with E-state index in [0.29, 0.717) is 23.4 Å². The SMILES string of the molecule is O=C(CCl)CC1CCC(Nc2ccc3ncc(-c4cccc(Cl)c4)n3n2)CC1. The van der Waals surface area contributed by atoms with Crippen LogP contribution in [0.5, 0.6) is 0 Å². The molecule has 1 saturated carbocycles. The van der Waals surface area contributed by atoms with Crippen LogP contribution in [0.3, 0.4) is 0 Å². The molecular weight excluding hydrogens is 395 g/mol. The second-order valence-corrected chi connectivity index (χ2v) is 8.08. The third kappa shape index (κ3) is 4.31. The number of rotatable bonds is 6. The van der Waals surface area contributed by atoms with Gasteiger partial charge < -0.3 is 5.32 Å². The van der Waals surface area contributed by atoms with Gasteiger partial charge in [0, 0.05) is 23.0 Å². The second kappa shape index (κ2) is 8.50. The first kappa shape index (κ1) is 19.2. The van der Waals surface area contributed by atoms with Crippen molar-refractivity contribution >= 4 is 40.5 Å². The van der Waals surface area contributed by atoms with E-state index >= 15 is 0 Å². The molecule has 28 heavy (non-hydrogen) atoms. The first-order valence-corrected chi connectivity index (χ1v) is 10.5. The maximum Gasteiger partial charge on any atom is 0.154 e. The fourth-order valence-corrected chi connectivity index (χ4v) is 4.19. The molecule has 2 aromatic heterocycles. The summed E-state index contributed by atoms with van der Waals surface area (Å²) in [5.41, 5.74) is 2.68. The molecule has 0 aliphatic heterocycles. The number of nitrogens with one attached hydrogen (secondary N) is 1. The number of hydrogen-bond donors (Lipinski definition) is 1. The minimum absolute atomic E-state index is 0.127. The molecule has 0 spiro atoms. The van der Waals surface area contributed by atoms with E-state index in [-0.39, 0.29) is 11.7 Å². The Morgan fingerprint density at radius 3 is 2.75 bits per heavy atom. The lowest BCUT2D eigenvalue weighted by Crippen LogP contribution is -2.27. The van der Waals surface area contributed by atoms with Gasteiger partial charge in [0.2, 0.25) is 0 Å². The zero-order chi connectivity index (χ0) is 19.5. The van der Waals surface area contributed by atoms with Gasteiger partial charge in [0.25, 0.3) is 0 Å². The quantitative estimate of drug-likeness (QED) is 0.559.